The Morgan fingerprint density at radius 3 is 2.85 bits per heavy atom. The van der Waals surface area contributed by atoms with Crippen LogP contribution in [0.15, 0.2) is 6.20 Å². The van der Waals surface area contributed by atoms with E-state index in [-0.39, 0.29) is 17.6 Å². The Bertz CT molecular complexity index is 598. The van der Waals surface area contributed by atoms with Crippen LogP contribution >= 0.6 is 0 Å². The summed E-state index contributed by atoms with van der Waals surface area (Å²) in [4.78, 5) is 16.1. The van der Waals surface area contributed by atoms with E-state index in [4.69, 9.17) is 0 Å². The van der Waals surface area contributed by atoms with Crippen LogP contribution in [0.1, 0.15) is 54.4 Å². The third kappa shape index (κ3) is 3.04. The third-order valence-electron chi connectivity index (χ3n) is 3.02. The van der Waals surface area contributed by atoms with Gasteiger partial charge in [-0.3, -0.25) is 14.6 Å². The van der Waals surface area contributed by atoms with Crippen LogP contribution in [-0.2, 0) is 20.0 Å². The highest BCUT2D eigenvalue weighted by Gasteiger charge is 2.14. The predicted molar refractivity (Wildman–Crippen MR) is 74.2 cm³/mol. The first kappa shape index (κ1) is 14.2. The van der Waals surface area contributed by atoms with Crippen LogP contribution in [0.5, 0.6) is 0 Å². The van der Waals surface area contributed by atoms with E-state index in [1.807, 2.05) is 34.0 Å². The minimum absolute atomic E-state index is 0.177. The molecule has 0 saturated heterocycles. The Kier molecular flexibility index (Phi) is 4.16. The molecule has 2 heterocycles. The van der Waals surface area contributed by atoms with Gasteiger partial charge in [0.1, 0.15) is 5.82 Å². The lowest BCUT2D eigenvalue weighted by Gasteiger charge is -2.01. The minimum Gasteiger partial charge on any atom is -0.345 e. The van der Waals surface area contributed by atoms with Crippen molar-refractivity contribution in [3.05, 3.63) is 29.1 Å². The molecule has 0 aromatic carbocycles. The second kappa shape index (κ2) is 5.85. The zero-order valence-electron chi connectivity index (χ0n) is 12.3. The Morgan fingerprint density at radius 1 is 1.50 bits per heavy atom. The van der Waals surface area contributed by atoms with Crippen LogP contribution in [0.4, 0.5) is 0 Å². The molecule has 0 aliphatic carbocycles. The summed E-state index contributed by atoms with van der Waals surface area (Å²) in [5.74, 6) is 0.828. The summed E-state index contributed by atoms with van der Waals surface area (Å²) in [6.07, 6.45) is 2.75. The van der Waals surface area contributed by atoms with Crippen LogP contribution in [0.25, 0.3) is 0 Å². The number of hydrogen-bond acceptors (Lipinski definition) is 4. The molecule has 0 radical (unpaired) electrons. The fourth-order valence-corrected chi connectivity index (χ4v) is 1.92. The molecule has 2 rings (SSSR count). The van der Waals surface area contributed by atoms with Gasteiger partial charge in [0.2, 0.25) is 5.82 Å². The molecule has 2 aromatic heterocycles. The first-order valence-electron chi connectivity index (χ1n) is 6.73. The van der Waals surface area contributed by atoms with E-state index in [0.29, 0.717) is 12.4 Å². The van der Waals surface area contributed by atoms with E-state index >= 15 is 0 Å². The lowest BCUT2D eigenvalue weighted by atomic mass is 10.2. The van der Waals surface area contributed by atoms with Crippen molar-refractivity contribution in [1.82, 2.24) is 30.3 Å². The molecule has 108 valence electrons. The maximum Gasteiger partial charge on any atom is 0.291 e. The number of aromatic nitrogens is 5. The molecule has 1 amide bonds. The van der Waals surface area contributed by atoms with E-state index in [2.05, 4.69) is 25.6 Å². The second-order valence-electron chi connectivity index (χ2n) is 5.01. The normalized spacial score (nSPS) is 11.1. The van der Waals surface area contributed by atoms with Gasteiger partial charge in [0.15, 0.2) is 0 Å². The average Bonchev–Trinajstić information content (AvgIpc) is 3.02. The summed E-state index contributed by atoms with van der Waals surface area (Å²) < 4.78 is 1.75. The molecule has 0 fully saturated rings. The van der Waals surface area contributed by atoms with Gasteiger partial charge in [0.25, 0.3) is 5.91 Å². The first-order valence-corrected chi connectivity index (χ1v) is 6.73. The van der Waals surface area contributed by atoms with E-state index in [9.17, 15) is 4.79 Å². The largest absolute Gasteiger partial charge is 0.345 e. The molecular formula is C13H20N6O. The molecule has 0 aliphatic rings. The smallest absolute Gasteiger partial charge is 0.291 e. The number of carbonyl (C=O) groups is 1. The molecule has 7 nitrogen and oxygen atoms in total. The number of rotatable bonds is 5. The fraction of sp³-hybridized carbons (Fsp3) is 0.538. The molecule has 0 unspecified atom stereocenters. The number of H-pyrrole nitrogens is 1. The zero-order chi connectivity index (χ0) is 14.7. The van der Waals surface area contributed by atoms with Gasteiger partial charge in [-0.1, -0.05) is 20.8 Å². The summed E-state index contributed by atoms with van der Waals surface area (Å²) in [6.45, 7) is 6.45. The van der Waals surface area contributed by atoms with E-state index in [1.54, 1.807) is 4.68 Å². The third-order valence-corrected chi connectivity index (χ3v) is 3.02. The highest BCUT2D eigenvalue weighted by atomic mass is 16.2. The maximum absolute atomic E-state index is 12.0. The molecule has 0 atom stereocenters. The number of amides is 1. The molecule has 20 heavy (non-hydrogen) atoms. The van der Waals surface area contributed by atoms with Gasteiger partial charge >= 0.3 is 0 Å². The summed E-state index contributed by atoms with van der Waals surface area (Å²) >= 11 is 0. The number of nitrogens with zero attached hydrogens (tertiary/aromatic N) is 4. The Morgan fingerprint density at radius 2 is 2.25 bits per heavy atom. The van der Waals surface area contributed by atoms with Gasteiger partial charge in [0, 0.05) is 31.3 Å². The van der Waals surface area contributed by atoms with Crippen molar-refractivity contribution < 1.29 is 4.79 Å². The Hall–Kier alpha value is -2.18. The molecule has 0 saturated carbocycles. The van der Waals surface area contributed by atoms with Crippen LogP contribution in [0.3, 0.4) is 0 Å². The van der Waals surface area contributed by atoms with Crippen molar-refractivity contribution in [2.75, 3.05) is 0 Å². The predicted octanol–water partition coefficient (Wildman–Crippen LogP) is 1.15. The lowest BCUT2D eigenvalue weighted by molar-refractivity contribution is 0.0941. The standard InChI is InChI=1S/C13H20N6O/c1-5-10-9(7-19(4)18-10)6-14-13(20)12-15-11(8(2)3)16-17-12/h7-8H,5-6H2,1-4H3,(H,14,20)(H,15,16,17). The van der Waals surface area contributed by atoms with Crippen molar-refractivity contribution >= 4 is 5.91 Å². The van der Waals surface area contributed by atoms with Gasteiger partial charge in [-0.2, -0.15) is 5.10 Å². The van der Waals surface area contributed by atoms with E-state index in [0.717, 1.165) is 17.7 Å². The minimum atomic E-state index is -0.279. The molecular weight excluding hydrogens is 256 g/mol. The number of nitrogens with one attached hydrogen (secondary N) is 2. The average molecular weight is 276 g/mol. The molecule has 0 aliphatic heterocycles. The second-order valence-corrected chi connectivity index (χ2v) is 5.01. The Labute approximate surface area is 117 Å². The molecule has 0 spiro atoms. The number of aromatic amines is 1. The van der Waals surface area contributed by atoms with Crippen LogP contribution < -0.4 is 5.32 Å². The summed E-state index contributed by atoms with van der Waals surface area (Å²) in [5, 5.41) is 13.9. The highest BCUT2D eigenvalue weighted by molar-refractivity contribution is 5.90. The molecule has 0 bridgehead atoms. The van der Waals surface area contributed by atoms with Crippen molar-refractivity contribution in [3.63, 3.8) is 0 Å². The topological polar surface area (TPSA) is 88.5 Å². The SMILES string of the molecule is CCc1nn(C)cc1CNC(=O)c1n[nH]c(C(C)C)n1. The van der Waals surface area contributed by atoms with Gasteiger partial charge in [-0.25, -0.2) is 4.98 Å². The number of carbonyl (C=O) groups excluding carboxylic acids is 1. The monoisotopic (exact) mass is 276 g/mol. The van der Waals surface area contributed by atoms with Crippen LogP contribution in [0, 0.1) is 0 Å². The van der Waals surface area contributed by atoms with Crippen molar-refractivity contribution in [2.24, 2.45) is 7.05 Å². The Balaban J connectivity index is 2.00. The molecule has 2 aromatic rings. The number of aryl methyl sites for hydroxylation is 2. The van der Waals surface area contributed by atoms with Gasteiger partial charge < -0.3 is 5.32 Å². The highest BCUT2D eigenvalue weighted by Crippen LogP contribution is 2.09. The van der Waals surface area contributed by atoms with E-state index < -0.39 is 0 Å². The first-order chi connectivity index (χ1) is 9.51. The van der Waals surface area contributed by atoms with Crippen molar-refractivity contribution in [1.29, 1.82) is 0 Å². The zero-order valence-corrected chi connectivity index (χ0v) is 12.3. The van der Waals surface area contributed by atoms with Gasteiger partial charge in [-0.15, -0.1) is 5.10 Å². The van der Waals surface area contributed by atoms with Crippen LogP contribution in [-0.4, -0.2) is 30.9 Å². The summed E-state index contributed by atoms with van der Waals surface area (Å²) in [6, 6.07) is 0. The maximum atomic E-state index is 12.0. The van der Waals surface area contributed by atoms with Crippen LogP contribution in [0.2, 0.25) is 0 Å². The molecule has 2 N–H and O–H groups in total. The number of hydrogen-bond donors (Lipinski definition) is 2. The van der Waals surface area contributed by atoms with E-state index in [1.165, 1.54) is 0 Å². The quantitative estimate of drug-likeness (QED) is 0.857. The fourth-order valence-electron chi connectivity index (χ4n) is 1.92. The van der Waals surface area contributed by atoms with Crippen molar-refractivity contribution in [3.8, 4) is 0 Å². The summed E-state index contributed by atoms with van der Waals surface area (Å²) in [5.41, 5.74) is 2.01. The van der Waals surface area contributed by atoms with Gasteiger partial charge in [0.05, 0.1) is 5.69 Å². The van der Waals surface area contributed by atoms with Gasteiger partial charge in [-0.05, 0) is 6.42 Å². The summed E-state index contributed by atoms with van der Waals surface area (Å²) in [7, 11) is 1.87. The lowest BCUT2D eigenvalue weighted by Crippen LogP contribution is -2.24. The molecule has 7 heteroatoms. The van der Waals surface area contributed by atoms with Crippen molar-refractivity contribution in [2.45, 2.75) is 39.7 Å².